The predicted octanol–water partition coefficient (Wildman–Crippen LogP) is 2.91. The van der Waals surface area contributed by atoms with E-state index in [-0.39, 0.29) is 17.7 Å². The van der Waals surface area contributed by atoms with E-state index in [4.69, 9.17) is 14.2 Å². The molecule has 0 saturated heterocycles. The first-order valence-corrected chi connectivity index (χ1v) is 8.53. The molecule has 0 aliphatic heterocycles. The van der Waals surface area contributed by atoms with Gasteiger partial charge in [-0.15, -0.1) is 0 Å². The minimum atomic E-state index is -0.549. The van der Waals surface area contributed by atoms with Gasteiger partial charge in [-0.25, -0.2) is 4.79 Å². The number of methoxy groups -OCH3 is 3. The molecule has 1 atom stereocenters. The van der Waals surface area contributed by atoms with Crippen molar-refractivity contribution in [3.05, 3.63) is 17.7 Å². The van der Waals surface area contributed by atoms with Crippen molar-refractivity contribution in [2.24, 2.45) is 5.41 Å². The van der Waals surface area contributed by atoms with Gasteiger partial charge in [-0.3, -0.25) is 4.79 Å². The first kappa shape index (κ1) is 21.6. The van der Waals surface area contributed by atoms with Crippen molar-refractivity contribution in [2.75, 3.05) is 21.3 Å². The number of nitrogens with one attached hydrogen (secondary N) is 2. The Morgan fingerprint density at radius 3 is 1.96 bits per heavy atom. The van der Waals surface area contributed by atoms with Crippen LogP contribution in [0, 0.1) is 5.41 Å². The lowest BCUT2D eigenvalue weighted by molar-refractivity contribution is -0.122. The molecule has 0 aliphatic rings. The van der Waals surface area contributed by atoms with Crippen molar-refractivity contribution in [1.82, 2.24) is 10.6 Å². The molecule has 0 heterocycles. The number of carbonyl (C=O) groups is 2. The molecular weight excluding hydrogens is 336 g/mol. The third-order valence-corrected chi connectivity index (χ3v) is 3.99. The fraction of sp³-hybridized carbons (Fsp3) is 0.579. The summed E-state index contributed by atoms with van der Waals surface area (Å²) in [6, 6.07) is 2.58. The standard InChI is InChI=1S/C19H30N2O5/c1-8-13(22)17(19(2,3)4)21-18(23)20-11-12-9-14(24-5)16(26-7)15(10-12)25-6/h9-10,17H,8,11H2,1-7H3,(H2,20,21,23). The molecule has 0 radical (unpaired) electrons. The lowest BCUT2D eigenvalue weighted by atomic mass is 9.83. The van der Waals surface area contributed by atoms with E-state index in [0.717, 1.165) is 5.56 Å². The lowest BCUT2D eigenvalue weighted by Gasteiger charge is -2.30. The van der Waals surface area contributed by atoms with Crippen LogP contribution in [0.15, 0.2) is 12.1 Å². The van der Waals surface area contributed by atoms with Crippen LogP contribution in [0.25, 0.3) is 0 Å². The Balaban J connectivity index is 2.85. The Kier molecular flexibility index (Phi) is 7.74. The Labute approximate surface area is 155 Å². The summed E-state index contributed by atoms with van der Waals surface area (Å²) < 4.78 is 15.9. The highest BCUT2D eigenvalue weighted by molar-refractivity contribution is 5.89. The summed E-state index contributed by atoms with van der Waals surface area (Å²) in [5.74, 6) is 1.51. The van der Waals surface area contributed by atoms with Gasteiger partial charge in [-0.1, -0.05) is 27.7 Å². The molecule has 1 aromatic rings. The maximum absolute atomic E-state index is 12.3. The molecule has 0 fully saturated rings. The second kappa shape index (κ2) is 9.31. The van der Waals surface area contributed by atoms with Gasteiger partial charge in [-0.2, -0.15) is 0 Å². The van der Waals surface area contributed by atoms with Gasteiger partial charge in [0.2, 0.25) is 5.75 Å². The summed E-state index contributed by atoms with van der Waals surface area (Å²) in [6.45, 7) is 7.80. The van der Waals surface area contributed by atoms with Crippen molar-refractivity contribution in [3.8, 4) is 17.2 Å². The summed E-state index contributed by atoms with van der Waals surface area (Å²) in [5, 5.41) is 5.54. The highest BCUT2D eigenvalue weighted by Gasteiger charge is 2.31. The van der Waals surface area contributed by atoms with Crippen molar-refractivity contribution in [3.63, 3.8) is 0 Å². The van der Waals surface area contributed by atoms with Crippen molar-refractivity contribution < 1.29 is 23.8 Å². The molecule has 7 nitrogen and oxygen atoms in total. The average Bonchev–Trinajstić information content (AvgIpc) is 2.61. The number of ketones is 1. The Morgan fingerprint density at radius 2 is 1.58 bits per heavy atom. The summed E-state index contributed by atoms with van der Waals surface area (Å²) in [6.07, 6.45) is 0.370. The number of hydrogen-bond acceptors (Lipinski definition) is 5. The number of carbonyl (C=O) groups excluding carboxylic acids is 2. The van der Waals surface area contributed by atoms with Crippen LogP contribution in [0.2, 0.25) is 0 Å². The molecule has 1 aromatic carbocycles. The molecule has 0 aromatic heterocycles. The Morgan fingerprint density at radius 1 is 1.04 bits per heavy atom. The second-order valence-electron chi connectivity index (χ2n) is 6.98. The molecule has 1 rings (SSSR count). The molecule has 0 bridgehead atoms. The number of benzene rings is 1. The zero-order valence-electron chi connectivity index (χ0n) is 16.7. The lowest BCUT2D eigenvalue weighted by Crippen LogP contribution is -2.52. The average molecular weight is 366 g/mol. The van der Waals surface area contributed by atoms with Gasteiger partial charge < -0.3 is 24.8 Å². The second-order valence-corrected chi connectivity index (χ2v) is 6.98. The highest BCUT2D eigenvalue weighted by Crippen LogP contribution is 2.38. The number of amides is 2. The fourth-order valence-corrected chi connectivity index (χ4v) is 2.59. The monoisotopic (exact) mass is 366 g/mol. The summed E-state index contributed by atoms with van der Waals surface area (Å²) >= 11 is 0. The van der Waals surface area contributed by atoms with Crippen LogP contribution in [0.4, 0.5) is 4.79 Å². The quantitative estimate of drug-likeness (QED) is 0.739. The zero-order valence-corrected chi connectivity index (χ0v) is 16.7. The van der Waals surface area contributed by atoms with Gasteiger partial charge in [0, 0.05) is 13.0 Å². The maximum Gasteiger partial charge on any atom is 0.315 e. The van der Waals surface area contributed by atoms with E-state index >= 15 is 0 Å². The van der Waals surface area contributed by atoms with Gasteiger partial charge in [0.1, 0.15) is 0 Å². The normalized spacial score (nSPS) is 12.1. The van der Waals surface area contributed by atoms with E-state index in [9.17, 15) is 9.59 Å². The van der Waals surface area contributed by atoms with Crippen LogP contribution in [-0.4, -0.2) is 39.2 Å². The zero-order chi connectivity index (χ0) is 19.9. The molecule has 1 unspecified atom stereocenters. The first-order valence-electron chi connectivity index (χ1n) is 8.53. The largest absolute Gasteiger partial charge is 0.493 e. The number of rotatable bonds is 8. The van der Waals surface area contributed by atoms with Crippen LogP contribution >= 0.6 is 0 Å². The van der Waals surface area contributed by atoms with Crippen molar-refractivity contribution in [2.45, 2.75) is 46.7 Å². The summed E-state index contributed by atoms with van der Waals surface area (Å²) in [5.41, 5.74) is 0.417. The molecule has 7 heteroatoms. The van der Waals surface area contributed by atoms with E-state index in [1.54, 1.807) is 19.1 Å². The number of urea groups is 1. The molecule has 0 saturated carbocycles. The van der Waals surface area contributed by atoms with E-state index in [1.165, 1.54) is 21.3 Å². The minimum Gasteiger partial charge on any atom is -0.493 e. The first-order chi connectivity index (χ1) is 12.2. The third-order valence-electron chi connectivity index (χ3n) is 3.99. The van der Waals surface area contributed by atoms with Gasteiger partial charge in [0.05, 0.1) is 27.4 Å². The van der Waals surface area contributed by atoms with E-state index in [1.807, 2.05) is 20.8 Å². The summed E-state index contributed by atoms with van der Waals surface area (Å²) in [4.78, 5) is 24.4. The fourth-order valence-electron chi connectivity index (χ4n) is 2.59. The molecule has 2 N–H and O–H groups in total. The van der Waals surface area contributed by atoms with Crippen LogP contribution in [0.1, 0.15) is 39.7 Å². The topological polar surface area (TPSA) is 85.9 Å². The van der Waals surface area contributed by atoms with Crippen LogP contribution in [0.5, 0.6) is 17.2 Å². The van der Waals surface area contributed by atoms with Gasteiger partial charge in [0.15, 0.2) is 17.3 Å². The van der Waals surface area contributed by atoms with Gasteiger partial charge in [0.25, 0.3) is 0 Å². The molecule has 146 valence electrons. The van der Waals surface area contributed by atoms with Crippen molar-refractivity contribution in [1.29, 1.82) is 0 Å². The van der Waals surface area contributed by atoms with Crippen molar-refractivity contribution >= 4 is 11.8 Å². The number of hydrogen-bond donors (Lipinski definition) is 2. The SMILES string of the molecule is CCC(=O)C(NC(=O)NCc1cc(OC)c(OC)c(OC)c1)C(C)(C)C. The molecule has 2 amide bonds. The third kappa shape index (κ3) is 5.54. The molecular formula is C19H30N2O5. The van der Waals surface area contributed by atoms with Crippen LogP contribution in [0.3, 0.4) is 0 Å². The van der Waals surface area contributed by atoms with E-state index < -0.39 is 12.1 Å². The highest BCUT2D eigenvalue weighted by atomic mass is 16.5. The molecule has 26 heavy (non-hydrogen) atoms. The van der Waals surface area contributed by atoms with Gasteiger partial charge >= 0.3 is 6.03 Å². The minimum absolute atomic E-state index is 0.000404. The number of Topliss-reactive ketones (excluding diaryl/α,β-unsaturated/α-hetero) is 1. The molecule has 0 aliphatic carbocycles. The smallest absolute Gasteiger partial charge is 0.315 e. The van der Waals surface area contributed by atoms with E-state index in [2.05, 4.69) is 10.6 Å². The van der Waals surface area contributed by atoms with Crippen LogP contribution in [-0.2, 0) is 11.3 Å². The molecule has 0 spiro atoms. The Bertz CT molecular complexity index is 612. The maximum atomic E-state index is 12.3. The van der Waals surface area contributed by atoms with Gasteiger partial charge in [-0.05, 0) is 23.1 Å². The Hall–Kier alpha value is -2.44. The predicted molar refractivity (Wildman–Crippen MR) is 100 cm³/mol. The summed E-state index contributed by atoms with van der Waals surface area (Å²) in [7, 11) is 4.60. The van der Waals surface area contributed by atoms with Crippen LogP contribution < -0.4 is 24.8 Å². The van der Waals surface area contributed by atoms with E-state index in [0.29, 0.717) is 23.7 Å². The number of ether oxygens (including phenoxy) is 3.